The standard InChI is InChI=1S/C11H16N4O4/c16-8-11(14-9(17)13-8)2-3-15(6-11)10(18)12-7-1-4-19-5-7/h7H,1-6H2,(H,12,18)(H2,13,14,16,17). The molecule has 0 radical (unpaired) electrons. The Morgan fingerprint density at radius 1 is 1.47 bits per heavy atom. The lowest BCUT2D eigenvalue weighted by molar-refractivity contribution is -0.123. The van der Waals surface area contributed by atoms with Gasteiger partial charge in [-0.25, -0.2) is 9.59 Å². The second-order valence-corrected chi connectivity index (χ2v) is 5.17. The number of nitrogens with zero attached hydrogens (tertiary/aromatic N) is 1. The molecule has 3 fully saturated rings. The van der Waals surface area contributed by atoms with Gasteiger partial charge in [0.15, 0.2) is 0 Å². The quantitative estimate of drug-likeness (QED) is 0.518. The second-order valence-electron chi connectivity index (χ2n) is 5.17. The molecule has 0 aromatic heterocycles. The molecule has 8 heteroatoms. The largest absolute Gasteiger partial charge is 0.379 e. The summed E-state index contributed by atoms with van der Waals surface area (Å²) in [6, 6.07) is -0.658. The Morgan fingerprint density at radius 3 is 2.95 bits per heavy atom. The number of likely N-dealkylation sites (tertiary alicyclic amines) is 1. The highest BCUT2D eigenvalue weighted by Crippen LogP contribution is 2.24. The van der Waals surface area contributed by atoms with Gasteiger partial charge in [-0.2, -0.15) is 0 Å². The van der Waals surface area contributed by atoms with Crippen LogP contribution in [0.15, 0.2) is 0 Å². The summed E-state index contributed by atoms with van der Waals surface area (Å²) in [5.41, 5.74) is -0.944. The van der Waals surface area contributed by atoms with E-state index >= 15 is 0 Å². The predicted octanol–water partition coefficient (Wildman–Crippen LogP) is -1.23. The highest BCUT2D eigenvalue weighted by atomic mass is 16.5. The Hall–Kier alpha value is -1.83. The summed E-state index contributed by atoms with van der Waals surface area (Å²) in [6.07, 6.45) is 1.25. The van der Waals surface area contributed by atoms with Crippen LogP contribution in [0.3, 0.4) is 0 Å². The Kier molecular flexibility index (Phi) is 2.81. The van der Waals surface area contributed by atoms with E-state index in [-0.39, 0.29) is 24.5 Å². The van der Waals surface area contributed by atoms with Gasteiger partial charge in [0.25, 0.3) is 5.91 Å². The Bertz CT molecular complexity index is 434. The van der Waals surface area contributed by atoms with Crippen molar-refractivity contribution in [1.82, 2.24) is 20.9 Å². The maximum Gasteiger partial charge on any atom is 0.322 e. The molecule has 0 aromatic rings. The van der Waals surface area contributed by atoms with Crippen LogP contribution in [0.4, 0.5) is 9.59 Å². The third-order valence-electron chi connectivity index (χ3n) is 3.83. The number of urea groups is 2. The molecule has 0 aromatic carbocycles. The van der Waals surface area contributed by atoms with Gasteiger partial charge in [0.1, 0.15) is 5.54 Å². The Labute approximate surface area is 109 Å². The smallest absolute Gasteiger partial charge is 0.322 e. The van der Waals surface area contributed by atoms with Gasteiger partial charge >= 0.3 is 12.1 Å². The highest BCUT2D eigenvalue weighted by Gasteiger charge is 2.51. The first-order valence-corrected chi connectivity index (χ1v) is 6.36. The van der Waals surface area contributed by atoms with E-state index in [1.807, 2.05) is 0 Å². The van der Waals surface area contributed by atoms with Crippen molar-refractivity contribution in [2.24, 2.45) is 0 Å². The lowest BCUT2D eigenvalue weighted by Crippen LogP contribution is -2.51. The molecule has 3 heterocycles. The summed E-state index contributed by atoms with van der Waals surface area (Å²) < 4.78 is 5.19. The zero-order valence-corrected chi connectivity index (χ0v) is 10.4. The number of hydrogen-bond donors (Lipinski definition) is 3. The Balaban J connectivity index is 1.60. The number of nitrogens with one attached hydrogen (secondary N) is 3. The summed E-state index contributed by atoms with van der Waals surface area (Å²) in [5.74, 6) is -0.350. The molecule has 3 aliphatic rings. The van der Waals surface area contributed by atoms with Crippen LogP contribution in [0.1, 0.15) is 12.8 Å². The van der Waals surface area contributed by atoms with E-state index < -0.39 is 11.6 Å². The molecule has 0 bridgehead atoms. The number of rotatable bonds is 1. The molecule has 3 N–H and O–H groups in total. The van der Waals surface area contributed by atoms with E-state index in [4.69, 9.17) is 4.74 Å². The first-order valence-electron chi connectivity index (χ1n) is 6.36. The average molecular weight is 268 g/mol. The number of carbonyl (C=O) groups excluding carboxylic acids is 3. The second kappa shape index (κ2) is 4.37. The monoisotopic (exact) mass is 268 g/mol. The van der Waals surface area contributed by atoms with Crippen molar-refractivity contribution in [3.8, 4) is 0 Å². The van der Waals surface area contributed by atoms with Crippen molar-refractivity contribution in [2.75, 3.05) is 26.3 Å². The van der Waals surface area contributed by atoms with Crippen molar-refractivity contribution >= 4 is 18.0 Å². The number of carbonyl (C=O) groups is 3. The van der Waals surface area contributed by atoms with Crippen molar-refractivity contribution in [3.63, 3.8) is 0 Å². The number of imide groups is 1. The van der Waals surface area contributed by atoms with Crippen molar-refractivity contribution in [1.29, 1.82) is 0 Å². The van der Waals surface area contributed by atoms with Gasteiger partial charge in [-0.3, -0.25) is 10.1 Å². The summed E-state index contributed by atoms with van der Waals surface area (Å²) in [6.45, 7) is 1.85. The minimum absolute atomic E-state index is 0.0380. The van der Waals surface area contributed by atoms with Crippen LogP contribution < -0.4 is 16.0 Å². The van der Waals surface area contributed by atoms with E-state index in [1.54, 1.807) is 4.90 Å². The third kappa shape index (κ3) is 2.12. The molecule has 3 saturated heterocycles. The fourth-order valence-corrected chi connectivity index (χ4v) is 2.71. The van der Waals surface area contributed by atoms with Gasteiger partial charge in [0, 0.05) is 13.2 Å². The molecule has 3 aliphatic heterocycles. The van der Waals surface area contributed by atoms with Crippen molar-refractivity contribution in [3.05, 3.63) is 0 Å². The molecule has 5 amide bonds. The minimum Gasteiger partial charge on any atom is -0.379 e. The molecule has 3 rings (SSSR count). The van der Waals surface area contributed by atoms with Crippen LogP contribution in [0.25, 0.3) is 0 Å². The van der Waals surface area contributed by atoms with Crippen molar-refractivity contribution in [2.45, 2.75) is 24.4 Å². The molecular weight excluding hydrogens is 252 g/mol. The molecule has 19 heavy (non-hydrogen) atoms. The van der Waals surface area contributed by atoms with Crippen molar-refractivity contribution < 1.29 is 19.1 Å². The van der Waals surface area contributed by atoms with E-state index in [9.17, 15) is 14.4 Å². The van der Waals surface area contributed by atoms with Crippen LogP contribution in [-0.4, -0.2) is 60.8 Å². The van der Waals surface area contributed by atoms with Crippen LogP contribution in [0, 0.1) is 0 Å². The number of hydrogen-bond acceptors (Lipinski definition) is 4. The summed E-state index contributed by atoms with van der Waals surface area (Å²) in [4.78, 5) is 36.5. The third-order valence-corrected chi connectivity index (χ3v) is 3.83. The van der Waals surface area contributed by atoms with Gasteiger partial charge in [0.2, 0.25) is 0 Å². The molecule has 1 spiro atoms. The average Bonchev–Trinajstić information content (AvgIpc) is 3.03. The van der Waals surface area contributed by atoms with Crippen LogP contribution >= 0.6 is 0 Å². The van der Waals surface area contributed by atoms with Gasteiger partial charge in [0.05, 0.1) is 19.2 Å². The maximum absolute atomic E-state index is 12.0. The van der Waals surface area contributed by atoms with E-state index in [1.165, 1.54) is 0 Å². The molecule has 8 nitrogen and oxygen atoms in total. The van der Waals surface area contributed by atoms with Gasteiger partial charge in [-0.15, -0.1) is 0 Å². The normalized spacial score (nSPS) is 33.7. The van der Waals surface area contributed by atoms with E-state index in [2.05, 4.69) is 16.0 Å². The maximum atomic E-state index is 12.0. The molecular formula is C11H16N4O4. The lowest BCUT2D eigenvalue weighted by Gasteiger charge is -2.22. The SMILES string of the molecule is O=C1NC(=O)C2(CCN(C(=O)NC3CCOC3)C2)N1. The first-order chi connectivity index (χ1) is 9.09. The topological polar surface area (TPSA) is 99.8 Å². The molecule has 0 saturated carbocycles. The summed E-state index contributed by atoms with van der Waals surface area (Å²) in [5, 5.41) is 7.70. The fourth-order valence-electron chi connectivity index (χ4n) is 2.71. The van der Waals surface area contributed by atoms with Crippen LogP contribution in [0.5, 0.6) is 0 Å². The first kappa shape index (κ1) is 12.2. The van der Waals surface area contributed by atoms with E-state index in [0.29, 0.717) is 26.2 Å². The van der Waals surface area contributed by atoms with Gasteiger partial charge in [-0.1, -0.05) is 0 Å². The molecule has 104 valence electrons. The lowest BCUT2D eigenvalue weighted by atomic mass is 10.00. The van der Waals surface area contributed by atoms with E-state index in [0.717, 1.165) is 6.42 Å². The molecule has 2 atom stereocenters. The van der Waals surface area contributed by atoms with Crippen LogP contribution in [0.2, 0.25) is 0 Å². The van der Waals surface area contributed by atoms with Gasteiger partial charge < -0.3 is 20.3 Å². The predicted molar refractivity (Wildman–Crippen MR) is 63.4 cm³/mol. The highest BCUT2D eigenvalue weighted by molar-refractivity contribution is 6.07. The minimum atomic E-state index is -0.944. The summed E-state index contributed by atoms with van der Waals surface area (Å²) in [7, 11) is 0. The Morgan fingerprint density at radius 2 is 2.32 bits per heavy atom. The fraction of sp³-hybridized carbons (Fsp3) is 0.727. The zero-order chi connectivity index (χ0) is 13.5. The number of amides is 5. The zero-order valence-electron chi connectivity index (χ0n) is 10.4. The molecule has 0 aliphatic carbocycles. The summed E-state index contributed by atoms with van der Waals surface area (Å²) >= 11 is 0. The number of ether oxygens (including phenoxy) is 1. The van der Waals surface area contributed by atoms with Gasteiger partial charge in [-0.05, 0) is 12.8 Å². The molecule has 2 unspecified atom stereocenters. The van der Waals surface area contributed by atoms with Crippen LogP contribution in [-0.2, 0) is 9.53 Å².